The van der Waals surface area contributed by atoms with Crippen LogP contribution in [0.1, 0.15) is 37.5 Å². The molecule has 1 aromatic rings. The topological polar surface area (TPSA) is 32.3 Å². The minimum absolute atomic E-state index is 0.484. The molecule has 1 aromatic heterocycles. The molecule has 2 atom stereocenters. The Labute approximate surface area is 116 Å². The first-order chi connectivity index (χ1) is 8.07. The third-order valence-corrected chi connectivity index (χ3v) is 5.26. The van der Waals surface area contributed by atoms with Crippen molar-refractivity contribution in [3.63, 3.8) is 0 Å². The van der Waals surface area contributed by atoms with Gasteiger partial charge in [-0.25, -0.2) is 0 Å². The SMILES string of the molecule is CC(O)(Cc1sccc1Br)CC1CCCCN1. The summed E-state index contributed by atoms with van der Waals surface area (Å²) in [5, 5.41) is 16.1. The van der Waals surface area contributed by atoms with E-state index in [2.05, 4.69) is 32.7 Å². The van der Waals surface area contributed by atoms with Crippen molar-refractivity contribution in [2.75, 3.05) is 6.54 Å². The van der Waals surface area contributed by atoms with Gasteiger partial charge in [-0.05, 0) is 60.1 Å². The number of hydrogen-bond acceptors (Lipinski definition) is 3. The van der Waals surface area contributed by atoms with Gasteiger partial charge in [0.1, 0.15) is 0 Å². The number of rotatable bonds is 4. The zero-order valence-electron chi connectivity index (χ0n) is 10.2. The molecule has 0 spiro atoms. The molecular formula is C13H20BrNOS. The maximum Gasteiger partial charge on any atom is 0.0683 e. The van der Waals surface area contributed by atoms with E-state index in [0.29, 0.717) is 6.04 Å². The number of hydrogen-bond donors (Lipinski definition) is 2. The summed E-state index contributed by atoms with van der Waals surface area (Å²) in [6.07, 6.45) is 5.34. The van der Waals surface area contributed by atoms with Crippen LogP contribution in [0.4, 0.5) is 0 Å². The summed E-state index contributed by atoms with van der Waals surface area (Å²) in [6.45, 7) is 3.05. The smallest absolute Gasteiger partial charge is 0.0683 e. The number of nitrogens with one attached hydrogen (secondary N) is 1. The van der Waals surface area contributed by atoms with Crippen LogP contribution in [0.3, 0.4) is 0 Å². The van der Waals surface area contributed by atoms with E-state index >= 15 is 0 Å². The van der Waals surface area contributed by atoms with E-state index in [1.807, 2.05) is 6.92 Å². The molecule has 0 amide bonds. The summed E-state index contributed by atoms with van der Waals surface area (Å²) >= 11 is 5.24. The van der Waals surface area contributed by atoms with Gasteiger partial charge in [0.2, 0.25) is 0 Å². The quantitative estimate of drug-likeness (QED) is 0.892. The first-order valence-corrected chi connectivity index (χ1v) is 7.92. The van der Waals surface area contributed by atoms with Crippen molar-refractivity contribution in [3.8, 4) is 0 Å². The molecule has 1 aliphatic heterocycles. The second kappa shape index (κ2) is 5.83. The Morgan fingerprint density at radius 2 is 2.41 bits per heavy atom. The van der Waals surface area contributed by atoms with Crippen LogP contribution in [0.15, 0.2) is 15.9 Å². The van der Waals surface area contributed by atoms with Gasteiger partial charge >= 0.3 is 0 Å². The van der Waals surface area contributed by atoms with Crippen molar-refractivity contribution in [2.24, 2.45) is 0 Å². The van der Waals surface area contributed by atoms with Crippen molar-refractivity contribution in [2.45, 2.75) is 50.7 Å². The maximum atomic E-state index is 10.5. The Morgan fingerprint density at radius 3 is 3.00 bits per heavy atom. The van der Waals surface area contributed by atoms with E-state index in [-0.39, 0.29) is 0 Å². The summed E-state index contributed by atoms with van der Waals surface area (Å²) < 4.78 is 1.12. The van der Waals surface area contributed by atoms with Crippen molar-refractivity contribution >= 4 is 27.3 Å². The Kier molecular flexibility index (Phi) is 4.64. The molecule has 1 saturated heterocycles. The average molecular weight is 318 g/mol. The highest BCUT2D eigenvalue weighted by Gasteiger charge is 2.27. The molecule has 0 radical (unpaired) electrons. The highest BCUT2D eigenvalue weighted by atomic mass is 79.9. The standard InChI is InChI=1S/C13H20BrNOS/c1-13(16,8-10-4-2-3-6-15-10)9-12-11(14)5-7-17-12/h5,7,10,15-16H,2-4,6,8-9H2,1H3. The van der Waals surface area contributed by atoms with Crippen molar-refractivity contribution in [3.05, 3.63) is 20.8 Å². The Balaban J connectivity index is 1.91. The monoisotopic (exact) mass is 317 g/mol. The van der Waals surface area contributed by atoms with E-state index in [4.69, 9.17) is 0 Å². The molecule has 1 aliphatic rings. The fraction of sp³-hybridized carbons (Fsp3) is 0.692. The van der Waals surface area contributed by atoms with Gasteiger partial charge in [0, 0.05) is 21.8 Å². The fourth-order valence-corrected chi connectivity index (χ4v) is 4.17. The normalized spacial score (nSPS) is 24.5. The van der Waals surface area contributed by atoms with E-state index in [1.54, 1.807) is 11.3 Å². The van der Waals surface area contributed by atoms with E-state index in [0.717, 1.165) is 23.9 Å². The van der Waals surface area contributed by atoms with Gasteiger partial charge in [-0.1, -0.05) is 6.42 Å². The van der Waals surface area contributed by atoms with Crippen LogP contribution in [-0.4, -0.2) is 23.3 Å². The first kappa shape index (κ1) is 13.5. The van der Waals surface area contributed by atoms with Crippen LogP contribution in [0.25, 0.3) is 0 Å². The molecule has 2 unspecified atom stereocenters. The number of piperidine rings is 1. The molecule has 2 heterocycles. The van der Waals surface area contributed by atoms with Crippen LogP contribution in [0.2, 0.25) is 0 Å². The molecule has 2 N–H and O–H groups in total. The van der Waals surface area contributed by atoms with Gasteiger partial charge in [-0.15, -0.1) is 11.3 Å². The van der Waals surface area contributed by atoms with E-state index in [1.165, 1.54) is 24.1 Å². The zero-order valence-corrected chi connectivity index (χ0v) is 12.6. The molecule has 0 saturated carbocycles. The lowest BCUT2D eigenvalue weighted by Crippen LogP contribution is -2.41. The third kappa shape index (κ3) is 4.05. The van der Waals surface area contributed by atoms with Gasteiger partial charge < -0.3 is 10.4 Å². The molecule has 96 valence electrons. The summed E-state index contributed by atoms with van der Waals surface area (Å²) in [4.78, 5) is 1.24. The number of aliphatic hydroxyl groups is 1. The minimum atomic E-state index is -0.609. The zero-order chi connectivity index (χ0) is 12.3. The third-order valence-electron chi connectivity index (χ3n) is 3.33. The van der Waals surface area contributed by atoms with Crippen LogP contribution in [0.5, 0.6) is 0 Å². The summed E-state index contributed by atoms with van der Waals surface area (Å²) in [7, 11) is 0. The van der Waals surface area contributed by atoms with Crippen LogP contribution < -0.4 is 5.32 Å². The summed E-state index contributed by atoms with van der Waals surface area (Å²) in [6, 6.07) is 2.53. The molecule has 0 bridgehead atoms. The van der Waals surface area contributed by atoms with Gasteiger partial charge in [0.25, 0.3) is 0 Å². The predicted molar refractivity (Wildman–Crippen MR) is 76.6 cm³/mol. The van der Waals surface area contributed by atoms with Gasteiger partial charge in [0.05, 0.1) is 5.60 Å². The predicted octanol–water partition coefficient (Wildman–Crippen LogP) is 3.34. The lowest BCUT2D eigenvalue weighted by atomic mass is 9.89. The Bertz CT molecular complexity index is 358. The molecule has 4 heteroatoms. The number of thiophene rings is 1. The summed E-state index contributed by atoms with van der Waals surface area (Å²) in [5.41, 5.74) is -0.609. The van der Waals surface area contributed by atoms with Gasteiger partial charge in [-0.2, -0.15) is 0 Å². The Hall–Kier alpha value is 0.1000. The van der Waals surface area contributed by atoms with Crippen LogP contribution >= 0.6 is 27.3 Å². The van der Waals surface area contributed by atoms with Gasteiger partial charge in [0.15, 0.2) is 0 Å². The van der Waals surface area contributed by atoms with E-state index in [9.17, 15) is 5.11 Å². The van der Waals surface area contributed by atoms with Crippen molar-refractivity contribution < 1.29 is 5.11 Å². The van der Waals surface area contributed by atoms with Crippen LogP contribution in [0, 0.1) is 0 Å². The lowest BCUT2D eigenvalue weighted by molar-refractivity contribution is 0.0377. The molecule has 2 rings (SSSR count). The summed E-state index contributed by atoms with van der Waals surface area (Å²) in [5.74, 6) is 0. The molecule has 2 nitrogen and oxygen atoms in total. The highest BCUT2D eigenvalue weighted by molar-refractivity contribution is 9.10. The molecular weight excluding hydrogens is 298 g/mol. The molecule has 17 heavy (non-hydrogen) atoms. The fourth-order valence-electron chi connectivity index (χ4n) is 2.50. The molecule has 0 aliphatic carbocycles. The van der Waals surface area contributed by atoms with Crippen molar-refractivity contribution in [1.29, 1.82) is 0 Å². The molecule has 1 fully saturated rings. The first-order valence-electron chi connectivity index (χ1n) is 6.24. The molecule has 0 aromatic carbocycles. The largest absolute Gasteiger partial charge is 0.390 e. The van der Waals surface area contributed by atoms with Crippen LogP contribution in [-0.2, 0) is 6.42 Å². The van der Waals surface area contributed by atoms with Gasteiger partial charge in [-0.3, -0.25) is 0 Å². The minimum Gasteiger partial charge on any atom is -0.390 e. The second-order valence-electron chi connectivity index (χ2n) is 5.22. The van der Waals surface area contributed by atoms with Crippen molar-refractivity contribution in [1.82, 2.24) is 5.32 Å². The maximum absolute atomic E-state index is 10.5. The highest BCUT2D eigenvalue weighted by Crippen LogP contribution is 2.29. The Morgan fingerprint density at radius 1 is 1.59 bits per heavy atom. The average Bonchev–Trinajstić information content (AvgIpc) is 2.64. The number of halogens is 1. The second-order valence-corrected chi connectivity index (χ2v) is 7.07. The lowest BCUT2D eigenvalue weighted by Gasteiger charge is -2.31. The van der Waals surface area contributed by atoms with E-state index < -0.39 is 5.60 Å².